The topological polar surface area (TPSA) is 71.3 Å². The van der Waals surface area contributed by atoms with E-state index in [1.807, 2.05) is 6.92 Å². The minimum Gasteiger partial charge on any atom is -0.439 e. The molecule has 0 unspecified atom stereocenters. The molecule has 2 heterocycles. The van der Waals surface area contributed by atoms with Crippen LogP contribution in [0, 0.1) is 6.92 Å². The molecule has 0 spiro atoms. The average molecular weight is 230 g/mol. The maximum Gasteiger partial charge on any atom is 1.00 e. The fourth-order valence-electron chi connectivity index (χ4n) is 1.23. The number of hydrogen-bond donors (Lipinski definition) is 2. The van der Waals surface area contributed by atoms with Crippen LogP contribution in [0.3, 0.4) is 0 Å². The van der Waals surface area contributed by atoms with Crippen LogP contribution in [0.2, 0.25) is 0 Å². The number of pyridine rings is 1. The Kier molecular flexibility index (Phi) is 5.00. The van der Waals surface area contributed by atoms with Crippen molar-refractivity contribution < 1.29 is 51.4 Å². The summed E-state index contributed by atoms with van der Waals surface area (Å²) in [4.78, 5) is 18.0. The summed E-state index contributed by atoms with van der Waals surface area (Å²) >= 11 is 0. The molecule has 0 amide bonds. The molecule has 2 N–H and O–H groups in total. The third-order valence-electron chi connectivity index (χ3n) is 1.91. The van der Waals surface area contributed by atoms with Gasteiger partial charge in [-0.1, -0.05) is 0 Å². The minimum atomic E-state index is -0.188. The zero-order valence-corrected chi connectivity index (χ0v) is 12.0. The number of aryl methyl sites for hydroxylation is 1. The third kappa shape index (κ3) is 3.42. The van der Waals surface area contributed by atoms with Crippen molar-refractivity contribution in [3.8, 4) is 0 Å². The number of H-pyrrole nitrogens is 1. The van der Waals surface area contributed by atoms with Crippen molar-refractivity contribution in [2.24, 2.45) is 4.99 Å². The van der Waals surface area contributed by atoms with Crippen molar-refractivity contribution in [3.63, 3.8) is 0 Å². The number of aliphatic imine (C=N–C) groups is 1. The molecule has 0 aromatic carbocycles. The Morgan fingerprint density at radius 3 is 3.00 bits per heavy atom. The molecule has 15 heavy (non-hydrogen) atoms. The molecule has 0 bridgehead atoms. The molecule has 5 nitrogen and oxygen atoms in total. The van der Waals surface area contributed by atoms with Gasteiger partial charge in [0.2, 0.25) is 0 Å². The third-order valence-corrected chi connectivity index (χ3v) is 1.91. The quantitative estimate of drug-likeness (QED) is 0.530. The average Bonchev–Trinajstić information content (AvgIpc) is 2.64. The Balaban J connectivity index is 0.00000112. The van der Waals surface area contributed by atoms with Gasteiger partial charge in [-0.3, -0.25) is 4.79 Å². The number of hydrogen-bond acceptors (Lipinski definition) is 3. The first-order valence-corrected chi connectivity index (χ1v) is 4.45. The van der Waals surface area contributed by atoms with Crippen molar-refractivity contribution in [1.29, 1.82) is 0 Å². The van der Waals surface area contributed by atoms with E-state index >= 15 is 0 Å². The normalized spacial score (nSPS) is 13.8. The second-order valence-electron chi connectivity index (χ2n) is 3.14. The summed E-state index contributed by atoms with van der Waals surface area (Å²) in [6, 6.07) is 1.74. The van der Waals surface area contributed by atoms with Crippen LogP contribution < -0.4 is 62.3 Å². The summed E-state index contributed by atoms with van der Waals surface area (Å²) in [6.45, 7) is 3.42. The first-order chi connectivity index (χ1) is 6.75. The first kappa shape index (κ1) is 12.9. The zero-order chi connectivity index (χ0) is 9.97. The summed E-state index contributed by atoms with van der Waals surface area (Å²) in [7, 11) is 0. The van der Waals surface area contributed by atoms with E-state index in [0.29, 0.717) is 11.6 Å². The number of aromatic nitrogens is 1. The van der Waals surface area contributed by atoms with Gasteiger partial charge in [0, 0.05) is 12.2 Å². The Bertz CT molecular complexity index is 426. The molecule has 0 aliphatic carbocycles. The van der Waals surface area contributed by atoms with Crippen molar-refractivity contribution in [3.05, 3.63) is 33.5 Å². The van der Waals surface area contributed by atoms with Crippen LogP contribution in [0.25, 0.3) is 5.32 Å². The van der Waals surface area contributed by atoms with E-state index in [0.717, 1.165) is 18.7 Å². The molecule has 6 heteroatoms. The second kappa shape index (κ2) is 5.81. The van der Waals surface area contributed by atoms with E-state index in [1.54, 1.807) is 12.3 Å². The monoisotopic (exact) mass is 230 g/mol. The first-order valence-electron chi connectivity index (χ1n) is 4.45. The molecule has 1 aromatic rings. The van der Waals surface area contributed by atoms with E-state index in [2.05, 4.69) is 20.6 Å². The Morgan fingerprint density at radius 2 is 2.33 bits per heavy atom. The van der Waals surface area contributed by atoms with Gasteiger partial charge >= 0.3 is 51.4 Å². The van der Waals surface area contributed by atoms with Crippen molar-refractivity contribution >= 4 is 11.6 Å². The number of guanidine groups is 1. The molecule has 1 aliphatic heterocycles. The summed E-state index contributed by atoms with van der Waals surface area (Å²) in [5.41, 5.74) is 1.19. The van der Waals surface area contributed by atoms with Crippen LogP contribution in [0.1, 0.15) is 5.56 Å². The van der Waals surface area contributed by atoms with Crippen LogP contribution in [0.4, 0.5) is 5.69 Å². The largest absolute Gasteiger partial charge is 1.00 e. The maximum absolute atomic E-state index is 11.3. The van der Waals surface area contributed by atoms with Crippen LogP contribution in [-0.4, -0.2) is 24.0 Å². The van der Waals surface area contributed by atoms with Crippen LogP contribution in [0.15, 0.2) is 22.1 Å². The Labute approximate surface area is 130 Å². The van der Waals surface area contributed by atoms with Crippen molar-refractivity contribution in [1.82, 2.24) is 10.3 Å². The van der Waals surface area contributed by atoms with Crippen LogP contribution in [0.5, 0.6) is 0 Å². The zero-order valence-electron chi connectivity index (χ0n) is 8.87. The van der Waals surface area contributed by atoms with E-state index < -0.39 is 0 Å². The van der Waals surface area contributed by atoms with E-state index in [4.69, 9.17) is 0 Å². The molecule has 0 radical (unpaired) electrons. The number of nitrogens with one attached hydrogen (secondary N) is 2. The summed E-state index contributed by atoms with van der Waals surface area (Å²) in [6.07, 6.45) is 1.66. The van der Waals surface area contributed by atoms with Crippen molar-refractivity contribution in [2.45, 2.75) is 6.92 Å². The number of nitrogens with zero attached hydrogens (tertiary/aromatic N) is 2. The molecular weight excluding hydrogens is 219 g/mol. The smallest absolute Gasteiger partial charge is 0.439 e. The number of rotatable bonds is 1. The van der Waals surface area contributed by atoms with Crippen molar-refractivity contribution in [2.75, 3.05) is 13.1 Å². The molecule has 74 valence electrons. The molecule has 0 saturated heterocycles. The SMILES string of the molecule is Cc1c[nH]c(=O)c([N-]C2=NCCN2)c1.[K+]. The fourth-order valence-corrected chi connectivity index (χ4v) is 1.23. The molecular formula is C9H11KN4O. The predicted octanol–water partition coefficient (Wildman–Crippen LogP) is -2.35. The van der Waals surface area contributed by atoms with Crippen LogP contribution >= 0.6 is 0 Å². The molecule has 2 rings (SSSR count). The van der Waals surface area contributed by atoms with Gasteiger partial charge in [0.15, 0.2) is 0 Å². The van der Waals surface area contributed by atoms with Gasteiger partial charge in [-0.15, -0.1) is 0 Å². The fraction of sp³-hybridized carbons (Fsp3) is 0.333. The summed E-state index contributed by atoms with van der Waals surface area (Å²) in [5.74, 6) is 0.543. The number of aromatic amines is 1. The Morgan fingerprint density at radius 1 is 1.53 bits per heavy atom. The van der Waals surface area contributed by atoms with Gasteiger partial charge in [-0.2, -0.15) is 0 Å². The van der Waals surface area contributed by atoms with Crippen LogP contribution in [-0.2, 0) is 0 Å². The molecule has 0 atom stereocenters. The summed E-state index contributed by atoms with van der Waals surface area (Å²) in [5, 5.41) is 7.10. The van der Waals surface area contributed by atoms with Gasteiger partial charge in [0.25, 0.3) is 5.56 Å². The van der Waals surface area contributed by atoms with Gasteiger partial charge in [-0.25, -0.2) is 0 Å². The maximum atomic E-state index is 11.3. The standard InChI is InChI=1S/C9H12N4O.K/c1-6-4-7(8(14)12-5-6)13-9-10-2-3-11-9;/h4-5H,2-3H2,1H3,(H3,10,11,12,13,14);/q;+1/p-1. The summed E-state index contributed by atoms with van der Waals surface area (Å²) < 4.78 is 0. The predicted molar refractivity (Wildman–Crippen MR) is 55.1 cm³/mol. The Hall–Kier alpha value is -0.144. The van der Waals surface area contributed by atoms with E-state index in [-0.39, 0.29) is 56.9 Å². The van der Waals surface area contributed by atoms with Gasteiger partial charge < -0.3 is 20.6 Å². The van der Waals surface area contributed by atoms with Gasteiger partial charge in [-0.05, 0) is 31.6 Å². The van der Waals surface area contributed by atoms with Gasteiger partial charge in [0.1, 0.15) is 0 Å². The second-order valence-corrected chi connectivity index (χ2v) is 3.14. The minimum absolute atomic E-state index is 0. The van der Waals surface area contributed by atoms with E-state index in [9.17, 15) is 4.79 Å². The molecule has 0 fully saturated rings. The molecule has 1 aliphatic rings. The molecule has 1 aromatic heterocycles. The molecule has 0 saturated carbocycles. The van der Waals surface area contributed by atoms with E-state index in [1.165, 1.54) is 0 Å². The van der Waals surface area contributed by atoms with Gasteiger partial charge in [0.05, 0.1) is 5.69 Å².